The van der Waals surface area contributed by atoms with Gasteiger partial charge in [-0.3, -0.25) is 4.79 Å². The summed E-state index contributed by atoms with van der Waals surface area (Å²) in [5.41, 5.74) is 23.1. The third-order valence-electron chi connectivity index (χ3n) is 7.51. The molecule has 2 heterocycles. The van der Waals surface area contributed by atoms with Crippen LogP contribution in [0.25, 0.3) is 0 Å². The number of hydrogen-bond donors (Lipinski definition) is 13. The van der Waals surface area contributed by atoms with Crippen LogP contribution in [0.1, 0.15) is 14.3 Å². The molecule has 236 valence electrons. The topological polar surface area (TPSA) is 332 Å². The van der Waals surface area contributed by atoms with Crippen LogP contribution in [0.3, 0.4) is 0 Å². The molecule has 0 radical (unpaired) electrons. The first-order valence-electron chi connectivity index (χ1n) is 13.1. The van der Waals surface area contributed by atoms with Gasteiger partial charge in [-0.25, -0.2) is 0 Å². The summed E-state index contributed by atoms with van der Waals surface area (Å²) in [4.78, 5) is 12.6. The van der Waals surface area contributed by atoms with E-state index in [1.54, 1.807) is 0 Å². The Kier molecular flexibility index (Phi) is 14.7. The molecule has 2 aliphatic heterocycles. The molecule has 41 heavy (non-hydrogen) atoms. The zero-order valence-electron chi connectivity index (χ0n) is 23.7. The van der Waals surface area contributed by atoms with Crippen LogP contribution in [0.5, 0.6) is 0 Å². The van der Waals surface area contributed by atoms with Gasteiger partial charge < -0.3 is 89.5 Å². The molecular formula is C22H44N5NaO13. The second-order valence-electron chi connectivity index (χ2n) is 10.3. The zero-order chi connectivity index (χ0) is 29.9. The molecule has 3 fully saturated rings. The van der Waals surface area contributed by atoms with Gasteiger partial charge in [-0.15, -0.1) is 0 Å². The second kappa shape index (κ2) is 16.2. The Labute approximate surface area is 259 Å². The third kappa shape index (κ3) is 8.31. The molecule has 16 atom stereocenters. The van der Waals surface area contributed by atoms with Crippen molar-refractivity contribution < 1.29 is 95.6 Å². The first kappa shape index (κ1) is 37.0. The Morgan fingerprint density at radius 1 is 0.878 bits per heavy atom. The molecule has 0 aromatic rings. The summed E-state index contributed by atoms with van der Waals surface area (Å²) < 4.78 is 22.5. The molecule has 19 heteroatoms. The van der Waals surface area contributed by atoms with Gasteiger partial charge >= 0.3 is 29.6 Å². The maximum atomic E-state index is 12.6. The first-order valence-corrected chi connectivity index (χ1v) is 13.1. The molecule has 0 unspecified atom stereocenters. The van der Waals surface area contributed by atoms with E-state index in [1.165, 1.54) is 0 Å². The number of aliphatic hydroxyl groups excluding tert-OH is 8. The summed E-state index contributed by atoms with van der Waals surface area (Å²) in [5.74, 6) is -0.845. The molecule has 1 saturated carbocycles. The van der Waals surface area contributed by atoms with Gasteiger partial charge in [-0.1, -0.05) is 0 Å². The molecule has 1 aliphatic carbocycles. The van der Waals surface area contributed by atoms with Crippen LogP contribution in [0, 0.1) is 0 Å². The van der Waals surface area contributed by atoms with Crippen molar-refractivity contribution in [2.45, 2.75) is 111 Å². The van der Waals surface area contributed by atoms with E-state index in [0.29, 0.717) is 0 Å². The average molecular weight is 610 g/mol. The molecule has 0 aromatic heterocycles. The Hall–Kier alpha value is -0.170. The number of rotatable bonds is 10. The number of ether oxygens (including phenoxy) is 4. The van der Waals surface area contributed by atoms with Gasteiger partial charge in [-0.05, 0) is 19.4 Å². The predicted molar refractivity (Wildman–Crippen MR) is 133 cm³/mol. The van der Waals surface area contributed by atoms with Crippen molar-refractivity contribution in [3.8, 4) is 0 Å². The number of amides is 1. The number of aliphatic hydroxyl groups is 8. The smallest absolute Gasteiger partial charge is 1.00 e. The van der Waals surface area contributed by atoms with Gasteiger partial charge in [0, 0.05) is 12.6 Å². The molecular weight excluding hydrogens is 565 g/mol. The summed E-state index contributed by atoms with van der Waals surface area (Å²) in [6, 6.07) is -3.45. The number of hydrogen-bond acceptors (Lipinski definition) is 17. The minimum atomic E-state index is -1.76. The quantitative estimate of drug-likeness (QED) is 0.102. The summed E-state index contributed by atoms with van der Waals surface area (Å²) in [6.45, 7) is -0.898. The van der Waals surface area contributed by atoms with E-state index in [9.17, 15) is 45.6 Å². The van der Waals surface area contributed by atoms with Crippen molar-refractivity contribution in [3.63, 3.8) is 0 Å². The average Bonchev–Trinajstić information content (AvgIpc) is 2.92. The molecule has 3 rings (SSSR count). The SMILES string of the molecule is NCC[C@H](O)C(=O)N[C@@H]1C[C@H](N)[C@@H](O[C@H]2O[C@H](CN)[C@@H](O)[C@H](O)[C@H]2O)[C@H](O)[C@H]1O[C@H]1O[C@H](CO)[C@@H](O)[C@H](N)[C@H]1O.[H-].[Na+]. The number of carbonyl (C=O) groups excluding carboxylic acids is 1. The second-order valence-corrected chi connectivity index (χ2v) is 10.3. The van der Waals surface area contributed by atoms with Crippen LogP contribution < -0.4 is 57.8 Å². The van der Waals surface area contributed by atoms with Crippen LogP contribution in [-0.4, -0.2) is 164 Å². The Balaban J connectivity index is 0.00000441. The summed E-state index contributed by atoms with van der Waals surface area (Å²) in [7, 11) is 0. The van der Waals surface area contributed by atoms with E-state index in [1.807, 2.05) is 0 Å². The maximum absolute atomic E-state index is 12.6. The van der Waals surface area contributed by atoms with Crippen LogP contribution >= 0.6 is 0 Å². The van der Waals surface area contributed by atoms with Gasteiger partial charge in [-0.2, -0.15) is 0 Å². The van der Waals surface area contributed by atoms with Crippen molar-refractivity contribution in [2.24, 2.45) is 22.9 Å². The molecule has 2 saturated heterocycles. The van der Waals surface area contributed by atoms with Crippen molar-refractivity contribution >= 4 is 5.91 Å². The zero-order valence-corrected chi connectivity index (χ0v) is 24.7. The summed E-state index contributed by atoms with van der Waals surface area (Å²) >= 11 is 0. The Morgan fingerprint density at radius 2 is 1.46 bits per heavy atom. The van der Waals surface area contributed by atoms with E-state index < -0.39 is 110 Å². The summed E-state index contributed by atoms with van der Waals surface area (Å²) in [6.07, 6.45) is -19.8. The van der Waals surface area contributed by atoms with Crippen LogP contribution in [0.15, 0.2) is 0 Å². The van der Waals surface area contributed by atoms with Crippen molar-refractivity contribution in [1.29, 1.82) is 0 Å². The molecule has 1 amide bonds. The van der Waals surface area contributed by atoms with E-state index in [4.69, 9.17) is 41.9 Å². The molecule has 17 N–H and O–H groups in total. The standard InChI is InChI=1S/C22H43N5O13.Na.H/c23-2-1-8(29)20(36)27-7-3-6(25)18(39-22-16(34)15(33)13(31)9(4-24)37-22)17(35)19(7)40-21-14(32)11(26)12(30)10(5-28)38-21;;/h6-19,21-22,28-35H,1-5,23-26H2,(H,27,36);;/q;+1;-1/t6-,7+,8-,9+,10+,11-,12+,13+,14+,15-,16+,17-,18+,19-,21+,22+;;/m0../s1. The fourth-order valence-corrected chi connectivity index (χ4v) is 5.07. The normalized spacial score (nSPS) is 45.9. The van der Waals surface area contributed by atoms with Gasteiger partial charge in [0.05, 0.1) is 18.7 Å². The molecule has 3 aliphatic rings. The Morgan fingerprint density at radius 3 is 2.05 bits per heavy atom. The van der Waals surface area contributed by atoms with E-state index in [2.05, 4.69) is 5.32 Å². The van der Waals surface area contributed by atoms with Gasteiger partial charge in [0.2, 0.25) is 5.91 Å². The predicted octanol–water partition coefficient (Wildman–Crippen LogP) is -11.3. The van der Waals surface area contributed by atoms with E-state index in [-0.39, 0.29) is 56.9 Å². The molecule has 0 bridgehead atoms. The van der Waals surface area contributed by atoms with Crippen molar-refractivity contribution in [3.05, 3.63) is 0 Å². The number of nitrogens with one attached hydrogen (secondary N) is 1. The van der Waals surface area contributed by atoms with Crippen molar-refractivity contribution in [1.82, 2.24) is 5.32 Å². The minimum absolute atomic E-state index is 0. The molecule has 18 nitrogen and oxygen atoms in total. The number of carbonyl (C=O) groups is 1. The van der Waals surface area contributed by atoms with Crippen molar-refractivity contribution in [2.75, 3.05) is 19.7 Å². The van der Waals surface area contributed by atoms with Gasteiger partial charge in [0.25, 0.3) is 0 Å². The fourth-order valence-electron chi connectivity index (χ4n) is 5.07. The summed E-state index contributed by atoms with van der Waals surface area (Å²) in [5, 5.41) is 84.9. The fraction of sp³-hybridized carbons (Fsp3) is 0.955. The van der Waals surface area contributed by atoms with Crippen LogP contribution in [0.4, 0.5) is 0 Å². The molecule has 0 aromatic carbocycles. The third-order valence-corrected chi connectivity index (χ3v) is 7.51. The number of nitrogens with two attached hydrogens (primary N) is 4. The van der Waals surface area contributed by atoms with Crippen LogP contribution in [-0.2, 0) is 23.7 Å². The van der Waals surface area contributed by atoms with Gasteiger partial charge in [0.15, 0.2) is 12.6 Å². The first-order chi connectivity index (χ1) is 18.9. The Bertz CT molecular complexity index is 829. The molecule has 0 spiro atoms. The van der Waals surface area contributed by atoms with Gasteiger partial charge in [0.1, 0.15) is 67.1 Å². The maximum Gasteiger partial charge on any atom is 1.00 e. The largest absolute Gasteiger partial charge is 1.00 e. The van der Waals surface area contributed by atoms with Crippen LogP contribution in [0.2, 0.25) is 0 Å². The van der Waals surface area contributed by atoms with E-state index >= 15 is 0 Å². The minimum Gasteiger partial charge on any atom is -1.00 e. The van der Waals surface area contributed by atoms with E-state index in [0.717, 1.165) is 0 Å². The monoisotopic (exact) mass is 609 g/mol.